The lowest BCUT2D eigenvalue weighted by Crippen LogP contribution is -2.32. The summed E-state index contributed by atoms with van der Waals surface area (Å²) in [5.41, 5.74) is 0.662. The number of halogens is 1. The molecule has 0 spiro atoms. The number of methoxy groups -OCH3 is 2. The second-order valence-corrected chi connectivity index (χ2v) is 5.22. The summed E-state index contributed by atoms with van der Waals surface area (Å²) in [5, 5.41) is 6.02. The van der Waals surface area contributed by atoms with Crippen LogP contribution in [0.15, 0.2) is 42.5 Å². The number of hydrogen-bond acceptors (Lipinski definition) is 4. The summed E-state index contributed by atoms with van der Waals surface area (Å²) < 4.78 is 15.9. The third kappa shape index (κ3) is 5.55. The Morgan fingerprint density at radius 3 is 2.17 bits per heavy atom. The highest BCUT2D eigenvalue weighted by atomic mass is 35.5. The maximum absolute atomic E-state index is 11.8. The van der Waals surface area contributed by atoms with E-state index in [4.69, 9.17) is 25.8 Å². The van der Waals surface area contributed by atoms with Crippen LogP contribution in [0.1, 0.15) is 0 Å². The lowest BCUT2D eigenvalue weighted by Gasteiger charge is -2.11. The molecule has 0 aliphatic heterocycles. The molecule has 0 bridgehead atoms. The van der Waals surface area contributed by atoms with Crippen molar-refractivity contribution < 1.29 is 19.0 Å². The third-order valence-electron chi connectivity index (χ3n) is 3.08. The molecule has 2 aromatic carbocycles. The summed E-state index contributed by atoms with van der Waals surface area (Å²) >= 11 is 5.79. The van der Waals surface area contributed by atoms with Gasteiger partial charge in [-0.05, 0) is 24.3 Å². The number of benzene rings is 2. The monoisotopic (exact) mass is 350 g/mol. The van der Waals surface area contributed by atoms with Crippen molar-refractivity contribution in [2.75, 3.05) is 32.7 Å². The summed E-state index contributed by atoms with van der Waals surface area (Å²) in [6.07, 6.45) is 0. The third-order valence-corrected chi connectivity index (χ3v) is 3.34. The van der Waals surface area contributed by atoms with E-state index in [-0.39, 0.29) is 6.03 Å². The molecule has 2 rings (SSSR count). The van der Waals surface area contributed by atoms with Crippen molar-refractivity contribution in [1.82, 2.24) is 5.32 Å². The molecule has 24 heavy (non-hydrogen) atoms. The van der Waals surface area contributed by atoms with Crippen molar-refractivity contribution in [3.63, 3.8) is 0 Å². The number of hydrogen-bond donors (Lipinski definition) is 2. The van der Waals surface area contributed by atoms with E-state index in [9.17, 15) is 4.79 Å². The van der Waals surface area contributed by atoms with Gasteiger partial charge < -0.3 is 24.8 Å². The molecule has 0 aliphatic carbocycles. The topological polar surface area (TPSA) is 68.8 Å². The van der Waals surface area contributed by atoms with Gasteiger partial charge in [0, 0.05) is 28.9 Å². The van der Waals surface area contributed by atoms with Crippen LogP contribution in [0.2, 0.25) is 5.02 Å². The van der Waals surface area contributed by atoms with E-state index >= 15 is 0 Å². The van der Waals surface area contributed by atoms with Gasteiger partial charge in [0.15, 0.2) is 0 Å². The van der Waals surface area contributed by atoms with Crippen LogP contribution in [-0.2, 0) is 0 Å². The molecule has 0 saturated heterocycles. The summed E-state index contributed by atoms with van der Waals surface area (Å²) in [4.78, 5) is 11.8. The Kier molecular flexibility index (Phi) is 6.57. The van der Waals surface area contributed by atoms with Crippen molar-refractivity contribution in [2.45, 2.75) is 0 Å². The number of ether oxygens (including phenoxy) is 3. The van der Waals surface area contributed by atoms with Crippen molar-refractivity contribution in [3.8, 4) is 17.2 Å². The number of rotatable bonds is 7. The molecular formula is C17H19ClN2O4. The minimum absolute atomic E-state index is 0.310. The lowest BCUT2D eigenvalue weighted by atomic mass is 10.3. The summed E-state index contributed by atoms with van der Waals surface area (Å²) in [6.45, 7) is 0.656. The van der Waals surface area contributed by atoms with Crippen LogP contribution >= 0.6 is 11.6 Å². The zero-order valence-corrected chi connectivity index (χ0v) is 14.2. The molecule has 2 N–H and O–H groups in total. The van der Waals surface area contributed by atoms with E-state index in [1.54, 1.807) is 56.7 Å². The Labute approximate surface area is 145 Å². The molecule has 0 saturated carbocycles. The Morgan fingerprint density at radius 1 is 1.00 bits per heavy atom. The first-order valence-corrected chi connectivity index (χ1v) is 7.65. The predicted octanol–water partition coefficient (Wildman–Crippen LogP) is 3.56. The second-order valence-electron chi connectivity index (χ2n) is 4.78. The van der Waals surface area contributed by atoms with Crippen molar-refractivity contribution in [1.29, 1.82) is 0 Å². The number of carbonyl (C=O) groups is 1. The summed E-state index contributed by atoms with van der Waals surface area (Å²) in [7, 11) is 3.14. The first-order chi connectivity index (χ1) is 11.6. The van der Waals surface area contributed by atoms with Crippen LogP contribution in [0.5, 0.6) is 17.2 Å². The van der Waals surface area contributed by atoms with E-state index in [0.717, 1.165) is 0 Å². The molecule has 2 aromatic rings. The van der Waals surface area contributed by atoms with Crippen LogP contribution in [-0.4, -0.2) is 33.4 Å². The van der Waals surface area contributed by atoms with E-state index in [1.807, 2.05) is 0 Å². The highest BCUT2D eigenvalue weighted by Gasteiger charge is 2.04. The highest BCUT2D eigenvalue weighted by Crippen LogP contribution is 2.27. The van der Waals surface area contributed by atoms with Crippen LogP contribution in [0.3, 0.4) is 0 Å². The van der Waals surface area contributed by atoms with Gasteiger partial charge in [-0.1, -0.05) is 11.6 Å². The molecule has 128 valence electrons. The molecule has 0 radical (unpaired) electrons. The fourth-order valence-corrected chi connectivity index (χ4v) is 2.03. The zero-order chi connectivity index (χ0) is 17.4. The number of anilines is 1. The van der Waals surface area contributed by atoms with Gasteiger partial charge in [0.05, 0.1) is 20.8 Å². The van der Waals surface area contributed by atoms with Gasteiger partial charge in [0.1, 0.15) is 23.9 Å². The first kappa shape index (κ1) is 17.7. The maximum Gasteiger partial charge on any atom is 0.319 e. The zero-order valence-electron chi connectivity index (χ0n) is 13.5. The maximum atomic E-state index is 11.8. The molecule has 0 aromatic heterocycles. The van der Waals surface area contributed by atoms with Crippen LogP contribution in [0.4, 0.5) is 10.5 Å². The Balaban J connectivity index is 1.76. The first-order valence-electron chi connectivity index (χ1n) is 7.27. The van der Waals surface area contributed by atoms with Crippen molar-refractivity contribution >= 4 is 23.3 Å². The Morgan fingerprint density at radius 2 is 1.58 bits per heavy atom. The lowest BCUT2D eigenvalue weighted by molar-refractivity contribution is 0.247. The van der Waals surface area contributed by atoms with E-state index in [2.05, 4.69) is 10.6 Å². The average Bonchev–Trinajstić information content (AvgIpc) is 2.60. The minimum Gasteiger partial charge on any atom is -0.496 e. The largest absolute Gasteiger partial charge is 0.496 e. The molecule has 7 heteroatoms. The van der Waals surface area contributed by atoms with Gasteiger partial charge in [-0.2, -0.15) is 0 Å². The van der Waals surface area contributed by atoms with Gasteiger partial charge >= 0.3 is 6.03 Å². The molecular weight excluding hydrogens is 332 g/mol. The molecule has 0 aliphatic rings. The van der Waals surface area contributed by atoms with E-state index in [0.29, 0.717) is 41.1 Å². The van der Waals surface area contributed by atoms with Crippen molar-refractivity contribution in [3.05, 3.63) is 47.5 Å². The van der Waals surface area contributed by atoms with Crippen LogP contribution in [0, 0.1) is 0 Å². The fourth-order valence-electron chi connectivity index (χ4n) is 1.91. The van der Waals surface area contributed by atoms with Crippen molar-refractivity contribution in [2.24, 2.45) is 0 Å². The smallest absolute Gasteiger partial charge is 0.319 e. The fraction of sp³-hybridized carbons (Fsp3) is 0.235. The van der Waals surface area contributed by atoms with E-state index < -0.39 is 0 Å². The predicted molar refractivity (Wildman–Crippen MR) is 93.5 cm³/mol. The van der Waals surface area contributed by atoms with E-state index in [1.165, 1.54) is 0 Å². The Hall–Kier alpha value is -2.60. The SMILES string of the molecule is COc1cc(OC)cc(OCCNC(=O)Nc2ccc(Cl)cc2)c1. The number of amides is 2. The Bertz CT molecular complexity index is 655. The number of nitrogens with one attached hydrogen (secondary N) is 2. The summed E-state index contributed by atoms with van der Waals surface area (Å²) in [5.74, 6) is 1.88. The molecule has 2 amide bonds. The van der Waals surface area contributed by atoms with Crippen LogP contribution < -0.4 is 24.8 Å². The average molecular weight is 351 g/mol. The molecule has 0 atom stereocenters. The van der Waals surface area contributed by atoms with Gasteiger partial charge in [0.2, 0.25) is 0 Å². The number of carbonyl (C=O) groups excluding carboxylic acids is 1. The minimum atomic E-state index is -0.316. The molecule has 0 fully saturated rings. The standard InChI is InChI=1S/C17H19ClN2O4/c1-22-14-9-15(23-2)11-16(10-14)24-8-7-19-17(21)20-13-5-3-12(18)4-6-13/h3-6,9-11H,7-8H2,1-2H3,(H2,19,20,21). The second kappa shape index (κ2) is 8.88. The van der Waals surface area contributed by atoms with Gasteiger partial charge in [-0.3, -0.25) is 0 Å². The highest BCUT2D eigenvalue weighted by molar-refractivity contribution is 6.30. The molecule has 0 heterocycles. The van der Waals surface area contributed by atoms with Gasteiger partial charge in [-0.25, -0.2) is 4.79 Å². The normalized spacial score (nSPS) is 9.96. The molecule has 6 nitrogen and oxygen atoms in total. The van der Waals surface area contributed by atoms with Gasteiger partial charge in [-0.15, -0.1) is 0 Å². The summed E-state index contributed by atoms with van der Waals surface area (Å²) in [6, 6.07) is 11.8. The van der Waals surface area contributed by atoms with Crippen LogP contribution in [0.25, 0.3) is 0 Å². The molecule has 0 unspecified atom stereocenters. The quantitative estimate of drug-likeness (QED) is 0.749. The number of urea groups is 1. The van der Waals surface area contributed by atoms with Gasteiger partial charge in [0.25, 0.3) is 0 Å².